The topological polar surface area (TPSA) is 63.4 Å². The molecule has 2 atom stereocenters. The van der Waals surface area contributed by atoms with Crippen molar-refractivity contribution in [2.75, 3.05) is 13.6 Å². The number of hydrogen-bond acceptors (Lipinski definition) is 2. The van der Waals surface area contributed by atoms with Crippen molar-refractivity contribution in [3.8, 4) is 0 Å². The van der Waals surface area contributed by atoms with Gasteiger partial charge in [0.2, 0.25) is 11.8 Å². The van der Waals surface area contributed by atoms with E-state index in [1.54, 1.807) is 7.05 Å². The van der Waals surface area contributed by atoms with Gasteiger partial charge in [0, 0.05) is 7.05 Å². The molecule has 0 radical (unpaired) electrons. The van der Waals surface area contributed by atoms with Crippen molar-refractivity contribution in [3.05, 3.63) is 11.6 Å². The summed E-state index contributed by atoms with van der Waals surface area (Å²) in [6.07, 6.45) is 2.14. The summed E-state index contributed by atoms with van der Waals surface area (Å²) in [5.41, 5.74) is 6.29. The highest BCUT2D eigenvalue weighted by molar-refractivity contribution is 5.87. The third-order valence-corrected chi connectivity index (χ3v) is 3.46. The molecule has 1 saturated carbocycles. The molecule has 17 heavy (non-hydrogen) atoms. The van der Waals surface area contributed by atoms with E-state index in [0.29, 0.717) is 0 Å². The van der Waals surface area contributed by atoms with E-state index in [1.165, 1.54) is 10.5 Å². The molecule has 0 aliphatic heterocycles. The monoisotopic (exact) mass is 238 g/mol. The van der Waals surface area contributed by atoms with Crippen LogP contribution in [0.5, 0.6) is 0 Å². The predicted molar refractivity (Wildman–Crippen MR) is 67.0 cm³/mol. The highest BCUT2D eigenvalue weighted by Crippen LogP contribution is 2.59. The average molecular weight is 238 g/mol. The quantitative estimate of drug-likeness (QED) is 0.747. The number of likely N-dealkylation sites (N-methyl/N-ethyl adjacent to an activating group) is 1. The zero-order valence-corrected chi connectivity index (χ0v) is 11.3. The average Bonchev–Trinajstić information content (AvgIpc) is 2.64. The smallest absolute Gasteiger partial charge is 0.237 e. The van der Waals surface area contributed by atoms with Crippen LogP contribution in [0.3, 0.4) is 0 Å². The lowest BCUT2D eigenvalue weighted by Crippen LogP contribution is -2.37. The molecule has 2 unspecified atom stereocenters. The fourth-order valence-corrected chi connectivity index (χ4v) is 2.37. The summed E-state index contributed by atoms with van der Waals surface area (Å²) in [7, 11) is 1.63. The number of carbonyl (C=O) groups excluding carboxylic acids is 2. The molecule has 1 aliphatic carbocycles. The van der Waals surface area contributed by atoms with Crippen LogP contribution in [0.2, 0.25) is 0 Å². The molecule has 0 spiro atoms. The molecule has 4 heteroatoms. The molecule has 0 heterocycles. The standard InChI is InChI=1S/C13H22N2O2/c1-8(2)6-9-11(13(9,3)4)12(17)15(5)7-10(14)16/h6,9,11H,7H2,1-5H3,(H2,14,16). The molecule has 0 aromatic rings. The number of nitrogens with two attached hydrogens (primary N) is 1. The Balaban J connectivity index is 2.72. The van der Waals surface area contributed by atoms with Crippen molar-refractivity contribution in [1.82, 2.24) is 4.90 Å². The van der Waals surface area contributed by atoms with Crippen LogP contribution in [0, 0.1) is 17.3 Å². The number of allylic oxidation sites excluding steroid dienone is 2. The highest BCUT2D eigenvalue weighted by Gasteiger charge is 2.60. The first-order valence-corrected chi connectivity index (χ1v) is 5.86. The Morgan fingerprint density at radius 3 is 2.29 bits per heavy atom. The highest BCUT2D eigenvalue weighted by atomic mass is 16.2. The maximum atomic E-state index is 12.1. The van der Waals surface area contributed by atoms with Crippen LogP contribution in [-0.2, 0) is 9.59 Å². The second kappa shape index (κ2) is 4.51. The first-order valence-electron chi connectivity index (χ1n) is 5.86. The summed E-state index contributed by atoms with van der Waals surface area (Å²) in [5.74, 6) is -0.216. The minimum absolute atomic E-state index is 0.00699. The number of carbonyl (C=O) groups is 2. The molecule has 1 rings (SSSR count). The third-order valence-electron chi connectivity index (χ3n) is 3.46. The van der Waals surface area contributed by atoms with E-state index < -0.39 is 5.91 Å². The molecule has 1 aliphatic rings. The number of hydrogen-bond donors (Lipinski definition) is 1. The zero-order chi connectivity index (χ0) is 13.4. The fourth-order valence-electron chi connectivity index (χ4n) is 2.37. The van der Waals surface area contributed by atoms with Crippen molar-refractivity contribution >= 4 is 11.8 Å². The molecule has 0 aromatic carbocycles. The molecule has 1 fully saturated rings. The summed E-state index contributed by atoms with van der Waals surface area (Å²) in [4.78, 5) is 24.4. The van der Waals surface area contributed by atoms with E-state index in [0.717, 1.165) is 0 Å². The number of rotatable bonds is 4. The molecule has 4 nitrogen and oxygen atoms in total. The summed E-state index contributed by atoms with van der Waals surface area (Å²) >= 11 is 0. The molecule has 2 amide bonds. The number of primary amides is 1. The Morgan fingerprint density at radius 2 is 1.88 bits per heavy atom. The first kappa shape index (κ1) is 13.7. The normalized spacial score (nSPS) is 25.0. The zero-order valence-electron chi connectivity index (χ0n) is 11.3. The Labute approximate surface area is 103 Å². The largest absolute Gasteiger partial charge is 0.368 e. The van der Waals surface area contributed by atoms with E-state index >= 15 is 0 Å². The van der Waals surface area contributed by atoms with Crippen LogP contribution in [0.25, 0.3) is 0 Å². The SMILES string of the molecule is CC(C)=CC1C(C(=O)N(C)CC(N)=O)C1(C)C. The van der Waals surface area contributed by atoms with Crippen molar-refractivity contribution < 1.29 is 9.59 Å². The van der Waals surface area contributed by atoms with Crippen LogP contribution in [-0.4, -0.2) is 30.3 Å². The van der Waals surface area contributed by atoms with Crippen LogP contribution in [0.1, 0.15) is 27.7 Å². The Bertz CT molecular complexity index is 368. The Hall–Kier alpha value is -1.32. The van der Waals surface area contributed by atoms with Gasteiger partial charge < -0.3 is 10.6 Å². The second-order valence-electron chi connectivity index (χ2n) is 5.73. The summed E-state index contributed by atoms with van der Waals surface area (Å²) in [6, 6.07) is 0. The number of nitrogens with zero attached hydrogens (tertiary/aromatic N) is 1. The van der Waals surface area contributed by atoms with Gasteiger partial charge in [-0.1, -0.05) is 25.5 Å². The van der Waals surface area contributed by atoms with Crippen molar-refractivity contribution in [2.24, 2.45) is 23.0 Å². The molecule has 0 aromatic heterocycles. The third kappa shape index (κ3) is 2.87. The first-order chi connectivity index (χ1) is 7.67. The lowest BCUT2D eigenvalue weighted by molar-refractivity contribution is -0.135. The molecule has 0 saturated heterocycles. The maximum Gasteiger partial charge on any atom is 0.237 e. The van der Waals surface area contributed by atoms with Crippen molar-refractivity contribution in [3.63, 3.8) is 0 Å². The molecule has 96 valence electrons. The van der Waals surface area contributed by atoms with Crippen LogP contribution in [0.15, 0.2) is 11.6 Å². The Kier molecular flexibility index (Phi) is 3.65. The molecule has 2 N–H and O–H groups in total. The van der Waals surface area contributed by atoms with Gasteiger partial charge in [0.05, 0.1) is 12.5 Å². The molecular weight excluding hydrogens is 216 g/mol. The molecular formula is C13H22N2O2. The van der Waals surface area contributed by atoms with Crippen LogP contribution >= 0.6 is 0 Å². The van der Waals surface area contributed by atoms with Crippen LogP contribution in [0.4, 0.5) is 0 Å². The fraction of sp³-hybridized carbons (Fsp3) is 0.692. The minimum Gasteiger partial charge on any atom is -0.368 e. The van der Waals surface area contributed by atoms with Gasteiger partial charge in [0.1, 0.15) is 0 Å². The minimum atomic E-state index is -0.474. The molecule has 0 bridgehead atoms. The van der Waals surface area contributed by atoms with Gasteiger partial charge in [-0.2, -0.15) is 0 Å². The summed E-state index contributed by atoms with van der Waals surface area (Å²) < 4.78 is 0. The van der Waals surface area contributed by atoms with Gasteiger partial charge in [-0.05, 0) is 25.2 Å². The van der Waals surface area contributed by atoms with E-state index in [4.69, 9.17) is 5.73 Å². The predicted octanol–water partition coefficient (Wildman–Crippen LogP) is 1.17. The maximum absolute atomic E-state index is 12.1. The van der Waals surface area contributed by atoms with Gasteiger partial charge in [-0.15, -0.1) is 0 Å². The van der Waals surface area contributed by atoms with Gasteiger partial charge in [-0.25, -0.2) is 0 Å². The lowest BCUT2D eigenvalue weighted by atomic mass is 10.1. The van der Waals surface area contributed by atoms with Gasteiger partial charge in [0.25, 0.3) is 0 Å². The second-order valence-corrected chi connectivity index (χ2v) is 5.73. The van der Waals surface area contributed by atoms with Gasteiger partial charge in [-0.3, -0.25) is 9.59 Å². The van der Waals surface area contributed by atoms with Gasteiger partial charge in [0.15, 0.2) is 0 Å². The lowest BCUT2D eigenvalue weighted by Gasteiger charge is -2.15. The van der Waals surface area contributed by atoms with Crippen molar-refractivity contribution in [1.29, 1.82) is 0 Å². The number of amides is 2. The summed E-state index contributed by atoms with van der Waals surface area (Å²) in [6.45, 7) is 8.22. The van der Waals surface area contributed by atoms with Gasteiger partial charge >= 0.3 is 0 Å². The van der Waals surface area contributed by atoms with E-state index in [9.17, 15) is 9.59 Å². The van der Waals surface area contributed by atoms with Crippen molar-refractivity contribution in [2.45, 2.75) is 27.7 Å². The van der Waals surface area contributed by atoms with E-state index in [2.05, 4.69) is 19.9 Å². The van der Waals surface area contributed by atoms with E-state index in [1.807, 2.05) is 13.8 Å². The summed E-state index contributed by atoms with van der Waals surface area (Å²) in [5, 5.41) is 0. The van der Waals surface area contributed by atoms with Crippen LogP contribution < -0.4 is 5.73 Å². The van der Waals surface area contributed by atoms with E-state index in [-0.39, 0.29) is 29.7 Å². The Morgan fingerprint density at radius 1 is 1.35 bits per heavy atom.